The molecule has 0 spiro atoms. The van der Waals surface area contributed by atoms with E-state index in [0.29, 0.717) is 33.6 Å². The maximum Gasteiger partial charge on any atom is 0.204 e. The molecule has 7 heteroatoms. The maximum atomic E-state index is 6.19. The number of para-hydroxylation sites is 1. The van der Waals surface area contributed by atoms with Gasteiger partial charge in [-0.1, -0.05) is 59.1 Å². The van der Waals surface area contributed by atoms with Crippen molar-refractivity contribution in [2.45, 2.75) is 19.6 Å². The number of benzene rings is 2. The topological polar surface area (TPSA) is 27.1 Å². The summed E-state index contributed by atoms with van der Waals surface area (Å²) in [5.41, 5.74) is 1.94. The summed E-state index contributed by atoms with van der Waals surface area (Å²) in [6.45, 7) is 1.02. The largest absolute Gasteiger partial charge is 0.489 e. The average molecular weight is 416 g/mol. The van der Waals surface area contributed by atoms with Crippen LogP contribution >= 0.6 is 46.4 Å². The number of nitrogens with zero attached hydrogens (tertiary/aromatic N) is 2. The molecule has 0 aliphatic carbocycles. The van der Waals surface area contributed by atoms with Gasteiger partial charge in [-0.15, -0.1) is 0 Å². The van der Waals surface area contributed by atoms with Gasteiger partial charge in [0.2, 0.25) is 5.28 Å². The fraction of sp³-hybridized carbons (Fsp3) is 0.167. The van der Waals surface area contributed by atoms with Crippen LogP contribution in [-0.2, 0) is 19.6 Å². The molecule has 1 heterocycles. The van der Waals surface area contributed by atoms with Crippen molar-refractivity contribution in [2.24, 2.45) is 0 Å². The van der Waals surface area contributed by atoms with Crippen LogP contribution < -0.4 is 4.74 Å². The Kier molecular flexibility index (Phi) is 6.13. The first-order valence-corrected chi connectivity index (χ1v) is 9.07. The number of ether oxygens (including phenoxy) is 1. The molecule has 0 unspecified atom stereocenters. The Morgan fingerprint density at radius 2 is 1.76 bits per heavy atom. The summed E-state index contributed by atoms with van der Waals surface area (Å²) in [5.74, 6) is 0.802. The van der Waals surface area contributed by atoms with Gasteiger partial charge in [0.05, 0.1) is 0 Å². The Morgan fingerprint density at radius 3 is 2.48 bits per heavy atom. The summed E-state index contributed by atoms with van der Waals surface area (Å²) in [4.78, 5) is 3.98. The van der Waals surface area contributed by atoms with Gasteiger partial charge in [0.1, 0.15) is 17.5 Å². The Balaban J connectivity index is 1.69. The first kappa shape index (κ1) is 18.4. The van der Waals surface area contributed by atoms with Gasteiger partial charge in [-0.05, 0) is 41.8 Å². The minimum absolute atomic E-state index is 0.366. The van der Waals surface area contributed by atoms with Gasteiger partial charge in [-0.3, -0.25) is 0 Å². The smallest absolute Gasteiger partial charge is 0.204 e. The standard InChI is InChI=1S/C18H14Cl4N2O/c19-14-6-5-13(15(20)9-14)11-25-16-4-2-1-3-12(16)7-8-24-10-17(21)23-18(24)22/h1-6,9-10H,7-8,11H2. The van der Waals surface area contributed by atoms with E-state index in [0.717, 1.165) is 23.3 Å². The molecule has 0 aliphatic heterocycles. The lowest BCUT2D eigenvalue weighted by atomic mass is 10.1. The van der Waals surface area contributed by atoms with Crippen molar-refractivity contribution in [1.82, 2.24) is 9.55 Å². The molecule has 130 valence electrons. The molecule has 25 heavy (non-hydrogen) atoms. The van der Waals surface area contributed by atoms with Gasteiger partial charge in [0.25, 0.3) is 0 Å². The second kappa shape index (κ2) is 8.33. The number of hydrogen-bond acceptors (Lipinski definition) is 2. The lowest BCUT2D eigenvalue weighted by Crippen LogP contribution is -2.03. The summed E-state index contributed by atoms with van der Waals surface area (Å²) in [6, 6.07) is 13.2. The van der Waals surface area contributed by atoms with Crippen molar-refractivity contribution in [3.8, 4) is 5.75 Å². The van der Waals surface area contributed by atoms with Gasteiger partial charge in [-0.2, -0.15) is 0 Å². The van der Waals surface area contributed by atoms with Crippen LogP contribution in [-0.4, -0.2) is 9.55 Å². The van der Waals surface area contributed by atoms with E-state index in [9.17, 15) is 0 Å². The third-order valence-electron chi connectivity index (χ3n) is 3.69. The first-order chi connectivity index (χ1) is 12.0. The normalized spacial score (nSPS) is 10.9. The van der Waals surface area contributed by atoms with Crippen molar-refractivity contribution in [1.29, 1.82) is 0 Å². The van der Waals surface area contributed by atoms with E-state index >= 15 is 0 Å². The van der Waals surface area contributed by atoms with Crippen LogP contribution in [0.25, 0.3) is 0 Å². The molecule has 0 bridgehead atoms. The van der Waals surface area contributed by atoms with Crippen molar-refractivity contribution in [2.75, 3.05) is 0 Å². The van der Waals surface area contributed by atoms with E-state index in [1.807, 2.05) is 30.3 Å². The van der Waals surface area contributed by atoms with Crippen LogP contribution in [0.3, 0.4) is 0 Å². The molecule has 0 atom stereocenters. The molecular weight excluding hydrogens is 402 g/mol. The van der Waals surface area contributed by atoms with E-state index in [1.54, 1.807) is 22.9 Å². The van der Waals surface area contributed by atoms with E-state index in [1.165, 1.54) is 0 Å². The summed E-state index contributed by atoms with van der Waals surface area (Å²) in [7, 11) is 0. The molecule has 0 saturated carbocycles. The summed E-state index contributed by atoms with van der Waals surface area (Å²) in [6.07, 6.45) is 2.44. The van der Waals surface area contributed by atoms with Crippen molar-refractivity contribution in [3.05, 3.63) is 80.3 Å². The highest BCUT2D eigenvalue weighted by Gasteiger charge is 2.08. The summed E-state index contributed by atoms with van der Waals surface area (Å²) < 4.78 is 7.76. The van der Waals surface area contributed by atoms with Crippen LogP contribution in [0.4, 0.5) is 0 Å². The predicted octanol–water partition coefficient (Wildman–Crippen LogP) is 6.32. The third kappa shape index (κ3) is 4.83. The fourth-order valence-corrected chi connectivity index (χ4v) is 3.33. The maximum absolute atomic E-state index is 6.19. The zero-order valence-corrected chi connectivity index (χ0v) is 16.1. The van der Waals surface area contributed by atoms with E-state index in [2.05, 4.69) is 4.98 Å². The zero-order chi connectivity index (χ0) is 17.8. The van der Waals surface area contributed by atoms with E-state index in [-0.39, 0.29) is 0 Å². The summed E-state index contributed by atoms with van der Waals surface area (Å²) in [5, 5.41) is 1.94. The molecular formula is C18H14Cl4N2O. The molecule has 0 radical (unpaired) electrons. The molecule has 0 N–H and O–H groups in total. The lowest BCUT2D eigenvalue weighted by molar-refractivity contribution is 0.302. The predicted molar refractivity (Wildman–Crippen MR) is 103 cm³/mol. The summed E-state index contributed by atoms with van der Waals surface area (Å²) >= 11 is 24.0. The third-order valence-corrected chi connectivity index (χ3v) is 4.76. The van der Waals surface area contributed by atoms with Crippen molar-refractivity contribution in [3.63, 3.8) is 0 Å². The molecule has 0 aliphatic rings. The van der Waals surface area contributed by atoms with Crippen LogP contribution in [0.1, 0.15) is 11.1 Å². The number of hydrogen-bond donors (Lipinski definition) is 0. The highest BCUT2D eigenvalue weighted by atomic mass is 35.5. The zero-order valence-electron chi connectivity index (χ0n) is 13.1. The number of aryl methyl sites for hydroxylation is 2. The van der Waals surface area contributed by atoms with Crippen LogP contribution in [0, 0.1) is 0 Å². The molecule has 3 rings (SSSR count). The Morgan fingerprint density at radius 1 is 0.960 bits per heavy atom. The lowest BCUT2D eigenvalue weighted by Gasteiger charge is -2.13. The highest BCUT2D eigenvalue weighted by Crippen LogP contribution is 2.25. The van der Waals surface area contributed by atoms with Gasteiger partial charge in [-0.25, -0.2) is 4.98 Å². The minimum Gasteiger partial charge on any atom is -0.489 e. The average Bonchev–Trinajstić information content (AvgIpc) is 2.90. The number of aromatic nitrogens is 2. The van der Waals surface area contributed by atoms with Crippen LogP contribution in [0.2, 0.25) is 20.5 Å². The quantitative estimate of drug-likeness (QED) is 0.471. The second-order valence-electron chi connectivity index (χ2n) is 5.41. The molecule has 3 aromatic rings. The monoisotopic (exact) mass is 414 g/mol. The molecule has 3 nitrogen and oxygen atoms in total. The minimum atomic E-state index is 0.366. The molecule has 0 saturated heterocycles. The second-order valence-corrected chi connectivity index (χ2v) is 6.98. The SMILES string of the molecule is Clc1ccc(COc2ccccc2CCn2cc(Cl)nc2Cl)c(Cl)c1. The van der Waals surface area contributed by atoms with Gasteiger partial charge in [0, 0.05) is 28.4 Å². The molecule has 2 aromatic carbocycles. The fourth-order valence-electron chi connectivity index (χ4n) is 2.41. The molecule has 1 aromatic heterocycles. The number of halogens is 4. The van der Waals surface area contributed by atoms with Gasteiger partial charge in [0.15, 0.2) is 0 Å². The first-order valence-electron chi connectivity index (χ1n) is 7.56. The van der Waals surface area contributed by atoms with Crippen LogP contribution in [0.5, 0.6) is 5.75 Å². The molecule has 0 amide bonds. The van der Waals surface area contributed by atoms with Crippen molar-refractivity contribution < 1.29 is 4.74 Å². The van der Waals surface area contributed by atoms with Crippen LogP contribution in [0.15, 0.2) is 48.7 Å². The Labute approximate surface area is 166 Å². The van der Waals surface area contributed by atoms with E-state index in [4.69, 9.17) is 51.1 Å². The Bertz CT molecular complexity index is 879. The van der Waals surface area contributed by atoms with E-state index < -0.39 is 0 Å². The molecule has 0 fully saturated rings. The Hall–Kier alpha value is -1.39. The van der Waals surface area contributed by atoms with Gasteiger partial charge < -0.3 is 9.30 Å². The number of imidazole rings is 1. The van der Waals surface area contributed by atoms with Crippen molar-refractivity contribution >= 4 is 46.4 Å². The number of rotatable bonds is 6. The van der Waals surface area contributed by atoms with Gasteiger partial charge >= 0.3 is 0 Å². The highest BCUT2D eigenvalue weighted by molar-refractivity contribution is 6.35.